The van der Waals surface area contributed by atoms with E-state index in [9.17, 15) is 0 Å². The van der Waals surface area contributed by atoms with Crippen molar-refractivity contribution in [1.82, 2.24) is 4.57 Å². The molecule has 6 rings (SSSR count). The molecule has 0 saturated heterocycles. The van der Waals surface area contributed by atoms with Gasteiger partial charge in [0.25, 0.3) is 0 Å². The Balaban J connectivity index is 2.11. The summed E-state index contributed by atoms with van der Waals surface area (Å²) in [5.74, 6) is 0. The van der Waals surface area contributed by atoms with Crippen LogP contribution in [0.1, 0.15) is 6.92 Å². The molecular weight excluding hydrogens is 348 g/mol. The quantitative estimate of drug-likeness (QED) is 0.315. The number of rotatable bonds is 1. The summed E-state index contributed by atoms with van der Waals surface area (Å²) in [5.41, 5.74) is 9.91. The minimum Gasteiger partial charge on any atom is -0.398 e. The van der Waals surface area contributed by atoms with Crippen LogP contribution in [0.4, 0.5) is 5.69 Å². The lowest BCUT2D eigenvalue weighted by Crippen LogP contribution is -1.94. The molecule has 27 heavy (non-hydrogen) atoms. The third-order valence-corrected chi connectivity index (χ3v) is 6.91. The van der Waals surface area contributed by atoms with E-state index in [0.717, 1.165) is 12.2 Å². The first-order valence-corrected chi connectivity index (χ1v) is 10.1. The zero-order chi connectivity index (χ0) is 18.1. The number of benzene rings is 4. The molecule has 0 amide bonds. The molecule has 2 heterocycles. The summed E-state index contributed by atoms with van der Waals surface area (Å²) in [6.07, 6.45) is 0. The van der Waals surface area contributed by atoms with Crippen molar-refractivity contribution in [2.45, 2.75) is 13.5 Å². The molecule has 2 nitrogen and oxygen atoms in total. The van der Waals surface area contributed by atoms with E-state index in [0.29, 0.717) is 0 Å². The Labute approximate surface area is 160 Å². The van der Waals surface area contributed by atoms with Gasteiger partial charge in [-0.05, 0) is 25.1 Å². The topological polar surface area (TPSA) is 30.9 Å². The summed E-state index contributed by atoms with van der Waals surface area (Å²) in [5, 5.41) is 7.80. The van der Waals surface area contributed by atoms with Crippen LogP contribution in [0.15, 0.2) is 66.7 Å². The molecule has 130 valence electrons. The van der Waals surface area contributed by atoms with Gasteiger partial charge in [0.05, 0.1) is 11.0 Å². The van der Waals surface area contributed by atoms with Gasteiger partial charge in [-0.2, -0.15) is 0 Å². The van der Waals surface area contributed by atoms with Crippen molar-refractivity contribution in [3.8, 4) is 0 Å². The molecule has 0 atom stereocenters. The molecule has 6 aromatic rings. The van der Waals surface area contributed by atoms with Crippen molar-refractivity contribution in [3.05, 3.63) is 66.7 Å². The molecule has 0 aliphatic carbocycles. The van der Waals surface area contributed by atoms with E-state index in [-0.39, 0.29) is 0 Å². The molecule has 0 spiro atoms. The Morgan fingerprint density at radius 1 is 0.778 bits per heavy atom. The van der Waals surface area contributed by atoms with Crippen LogP contribution in [0, 0.1) is 0 Å². The molecule has 0 radical (unpaired) electrons. The molecule has 0 fully saturated rings. The van der Waals surface area contributed by atoms with Crippen LogP contribution in [0.2, 0.25) is 0 Å². The van der Waals surface area contributed by atoms with E-state index < -0.39 is 0 Å². The number of hydrogen-bond donors (Lipinski definition) is 1. The molecule has 2 N–H and O–H groups in total. The number of aromatic nitrogens is 1. The fourth-order valence-electron chi connectivity index (χ4n) is 4.65. The van der Waals surface area contributed by atoms with Gasteiger partial charge in [0, 0.05) is 53.9 Å². The Morgan fingerprint density at radius 2 is 1.52 bits per heavy atom. The van der Waals surface area contributed by atoms with E-state index >= 15 is 0 Å². The number of hydrogen-bond acceptors (Lipinski definition) is 2. The number of nitrogen functional groups attached to an aromatic ring is 1. The standard InChI is InChI=1S/C24H18N2S/c1-2-26-18-12-7-11-17(25)21(18)22-20-16-10-5-6-13-19(16)27-24(20)15-9-4-3-8-14(15)23(22)26/h3-13H,2,25H2,1H3. The normalized spacial score (nSPS) is 12.2. The van der Waals surface area contributed by atoms with Crippen LogP contribution in [0.25, 0.3) is 52.8 Å². The molecule has 0 aliphatic rings. The smallest absolute Gasteiger partial charge is 0.0579 e. The van der Waals surface area contributed by atoms with Crippen molar-refractivity contribution in [2.75, 3.05) is 5.73 Å². The predicted molar refractivity (Wildman–Crippen MR) is 120 cm³/mol. The van der Waals surface area contributed by atoms with Gasteiger partial charge in [-0.25, -0.2) is 0 Å². The fraction of sp³-hybridized carbons (Fsp3) is 0.0833. The SMILES string of the molecule is CCn1c2cccc(N)c2c2c3c4ccccc4sc3c3ccccc3c21. The molecule has 2 aromatic heterocycles. The third kappa shape index (κ3) is 1.80. The lowest BCUT2D eigenvalue weighted by molar-refractivity contribution is 0.830. The van der Waals surface area contributed by atoms with Crippen LogP contribution in [-0.2, 0) is 6.54 Å². The van der Waals surface area contributed by atoms with Gasteiger partial charge >= 0.3 is 0 Å². The van der Waals surface area contributed by atoms with Gasteiger partial charge < -0.3 is 10.3 Å². The lowest BCUT2D eigenvalue weighted by atomic mass is 9.99. The average Bonchev–Trinajstić information content (AvgIpc) is 3.24. The van der Waals surface area contributed by atoms with Gasteiger partial charge in [-0.3, -0.25) is 0 Å². The van der Waals surface area contributed by atoms with Gasteiger partial charge in [-0.15, -0.1) is 11.3 Å². The van der Waals surface area contributed by atoms with Crippen LogP contribution >= 0.6 is 11.3 Å². The number of aryl methyl sites for hydroxylation is 1. The van der Waals surface area contributed by atoms with Crippen molar-refractivity contribution in [3.63, 3.8) is 0 Å². The largest absolute Gasteiger partial charge is 0.398 e. The van der Waals surface area contributed by atoms with Crippen molar-refractivity contribution in [1.29, 1.82) is 0 Å². The van der Waals surface area contributed by atoms with E-state index in [1.165, 1.54) is 52.8 Å². The second-order valence-corrected chi connectivity index (χ2v) is 8.11. The van der Waals surface area contributed by atoms with E-state index in [1.807, 2.05) is 17.4 Å². The maximum absolute atomic E-state index is 6.53. The Morgan fingerprint density at radius 3 is 2.33 bits per heavy atom. The molecule has 0 bridgehead atoms. The molecular formula is C24H18N2S. The number of thiophene rings is 1. The zero-order valence-electron chi connectivity index (χ0n) is 15.0. The first-order valence-electron chi connectivity index (χ1n) is 9.32. The van der Waals surface area contributed by atoms with Crippen molar-refractivity contribution in [2.24, 2.45) is 0 Å². The van der Waals surface area contributed by atoms with Crippen LogP contribution in [0.3, 0.4) is 0 Å². The summed E-state index contributed by atoms with van der Waals surface area (Å²) in [7, 11) is 0. The highest BCUT2D eigenvalue weighted by molar-refractivity contribution is 7.27. The summed E-state index contributed by atoms with van der Waals surface area (Å²) in [4.78, 5) is 0. The number of nitrogens with zero attached hydrogens (tertiary/aromatic N) is 1. The van der Waals surface area contributed by atoms with E-state index in [2.05, 4.69) is 72.2 Å². The van der Waals surface area contributed by atoms with Gasteiger partial charge in [-0.1, -0.05) is 48.5 Å². The minimum atomic E-state index is 0.858. The van der Waals surface area contributed by atoms with Gasteiger partial charge in [0.2, 0.25) is 0 Å². The molecule has 0 unspecified atom stereocenters. The Kier molecular flexibility index (Phi) is 2.92. The predicted octanol–water partition coefficient (Wildman–Crippen LogP) is 6.92. The van der Waals surface area contributed by atoms with Crippen LogP contribution < -0.4 is 5.73 Å². The van der Waals surface area contributed by atoms with Crippen LogP contribution in [0.5, 0.6) is 0 Å². The van der Waals surface area contributed by atoms with Crippen LogP contribution in [-0.4, -0.2) is 4.57 Å². The average molecular weight is 366 g/mol. The monoisotopic (exact) mass is 366 g/mol. The Hall–Kier alpha value is -3.04. The summed E-state index contributed by atoms with van der Waals surface area (Å²) in [6.45, 7) is 3.13. The molecule has 0 saturated carbocycles. The molecule has 3 heteroatoms. The maximum atomic E-state index is 6.53. The first-order chi connectivity index (χ1) is 13.3. The van der Waals surface area contributed by atoms with Gasteiger partial charge in [0.15, 0.2) is 0 Å². The van der Waals surface area contributed by atoms with Gasteiger partial charge in [0.1, 0.15) is 0 Å². The Bertz CT molecular complexity index is 1520. The summed E-state index contributed by atoms with van der Waals surface area (Å²) >= 11 is 1.89. The van der Waals surface area contributed by atoms with Crippen molar-refractivity contribution < 1.29 is 0 Å². The summed E-state index contributed by atoms with van der Waals surface area (Å²) in [6, 6.07) is 23.8. The highest BCUT2D eigenvalue weighted by Crippen LogP contribution is 2.48. The third-order valence-electron chi connectivity index (χ3n) is 5.71. The minimum absolute atomic E-state index is 0.858. The zero-order valence-corrected chi connectivity index (χ0v) is 15.8. The molecule has 0 aliphatic heterocycles. The number of nitrogens with two attached hydrogens (primary N) is 1. The number of anilines is 1. The van der Waals surface area contributed by atoms with Crippen molar-refractivity contribution >= 4 is 69.8 Å². The highest BCUT2D eigenvalue weighted by atomic mass is 32.1. The summed E-state index contributed by atoms with van der Waals surface area (Å²) < 4.78 is 5.12. The fourth-order valence-corrected chi connectivity index (χ4v) is 5.90. The second kappa shape index (κ2) is 5.24. The highest BCUT2D eigenvalue weighted by Gasteiger charge is 2.21. The van der Waals surface area contributed by atoms with E-state index in [1.54, 1.807) is 0 Å². The lowest BCUT2D eigenvalue weighted by Gasteiger charge is -2.08. The first kappa shape index (κ1) is 15.1. The molecule has 4 aromatic carbocycles. The maximum Gasteiger partial charge on any atom is 0.0579 e. The number of fused-ring (bicyclic) bond motifs is 10. The second-order valence-electron chi connectivity index (χ2n) is 7.06. The van der Waals surface area contributed by atoms with E-state index in [4.69, 9.17) is 5.73 Å².